The number of nitrogens with two attached hydrogens (primary N) is 1. The van der Waals surface area contributed by atoms with Crippen LogP contribution in [0.4, 0.5) is 0 Å². The van der Waals surface area contributed by atoms with Crippen molar-refractivity contribution in [2.75, 3.05) is 26.3 Å². The van der Waals surface area contributed by atoms with Crippen molar-refractivity contribution in [2.24, 2.45) is 5.73 Å². The van der Waals surface area contributed by atoms with Gasteiger partial charge in [0, 0.05) is 19.1 Å². The highest BCUT2D eigenvalue weighted by Crippen LogP contribution is 2.38. The van der Waals surface area contributed by atoms with E-state index in [4.69, 9.17) is 26.8 Å². The third-order valence-electron chi connectivity index (χ3n) is 3.81. The van der Waals surface area contributed by atoms with E-state index in [1.54, 1.807) is 0 Å². The number of rotatable bonds is 3. The van der Waals surface area contributed by atoms with E-state index in [-0.39, 0.29) is 0 Å². The molecule has 1 aromatic carbocycles. The second-order valence-corrected chi connectivity index (χ2v) is 5.51. The summed E-state index contributed by atoms with van der Waals surface area (Å²) in [5, 5.41) is 0.635. The first kappa shape index (κ1) is 13.0. The lowest BCUT2D eigenvalue weighted by Crippen LogP contribution is -2.34. The van der Waals surface area contributed by atoms with Crippen LogP contribution < -0.4 is 15.2 Å². The highest BCUT2D eigenvalue weighted by atomic mass is 35.5. The zero-order chi connectivity index (χ0) is 13.2. The quantitative estimate of drug-likeness (QED) is 0.922. The van der Waals surface area contributed by atoms with Crippen LogP contribution in [-0.4, -0.2) is 37.2 Å². The van der Waals surface area contributed by atoms with E-state index >= 15 is 0 Å². The monoisotopic (exact) mass is 282 g/mol. The van der Waals surface area contributed by atoms with Crippen molar-refractivity contribution in [1.82, 2.24) is 4.90 Å². The highest BCUT2D eigenvalue weighted by molar-refractivity contribution is 6.32. The molecule has 2 heterocycles. The molecule has 2 aliphatic rings. The molecule has 5 heteroatoms. The average molecular weight is 283 g/mol. The molecule has 2 N–H and O–H groups in total. The molecule has 0 saturated carbocycles. The van der Waals surface area contributed by atoms with Gasteiger partial charge in [-0.15, -0.1) is 0 Å². The molecule has 0 spiro atoms. The first-order valence-corrected chi connectivity index (χ1v) is 7.18. The lowest BCUT2D eigenvalue weighted by atomic mass is 10.1. The van der Waals surface area contributed by atoms with Gasteiger partial charge in [-0.2, -0.15) is 0 Å². The standard InChI is InChI=1S/C14H19ClN2O2/c15-12-6-10(7-13-14(12)19-5-4-18-13)9-17-3-1-2-11(17)8-16/h6-7,11H,1-5,8-9,16H2. The van der Waals surface area contributed by atoms with Gasteiger partial charge >= 0.3 is 0 Å². The van der Waals surface area contributed by atoms with Crippen molar-refractivity contribution >= 4 is 11.6 Å². The minimum Gasteiger partial charge on any atom is -0.486 e. The SMILES string of the molecule is NCC1CCCN1Cc1cc(Cl)c2c(c1)OCCO2. The molecule has 1 saturated heterocycles. The molecule has 104 valence electrons. The van der Waals surface area contributed by atoms with Gasteiger partial charge in [-0.1, -0.05) is 11.6 Å². The zero-order valence-corrected chi connectivity index (χ0v) is 11.7. The van der Waals surface area contributed by atoms with Crippen LogP contribution in [-0.2, 0) is 6.54 Å². The van der Waals surface area contributed by atoms with Gasteiger partial charge in [-0.3, -0.25) is 4.90 Å². The van der Waals surface area contributed by atoms with Crippen molar-refractivity contribution in [1.29, 1.82) is 0 Å². The Morgan fingerprint density at radius 2 is 2.16 bits per heavy atom. The van der Waals surface area contributed by atoms with Crippen molar-refractivity contribution in [2.45, 2.75) is 25.4 Å². The number of nitrogens with zero attached hydrogens (tertiary/aromatic N) is 1. The van der Waals surface area contributed by atoms with E-state index in [2.05, 4.69) is 4.90 Å². The van der Waals surface area contributed by atoms with E-state index in [0.717, 1.165) is 30.9 Å². The third-order valence-corrected chi connectivity index (χ3v) is 4.09. The Bertz CT molecular complexity index is 467. The summed E-state index contributed by atoms with van der Waals surface area (Å²) in [5.74, 6) is 1.44. The predicted octanol–water partition coefficient (Wildman–Crippen LogP) is 2.03. The van der Waals surface area contributed by atoms with Crippen molar-refractivity contribution in [3.8, 4) is 11.5 Å². The van der Waals surface area contributed by atoms with Crippen LogP contribution in [0.25, 0.3) is 0 Å². The molecule has 0 amide bonds. The number of hydrogen-bond acceptors (Lipinski definition) is 4. The number of halogens is 1. The first-order valence-electron chi connectivity index (χ1n) is 6.80. The minimum absolute atomic E-state index is 0.493. The van der Waals surface area contributed by atoms with E-state index in [0.29, 0.717) is 30.0 Å². The molecule has 4 nitrogen and oxygen atoms in total. The summed E-state index contributed by atoms with van der Waals surface area (Å²) in [6.07, 6.45) is 2.41. The zero-order valence-electron chi connectivity index (χ0n) is 10.9. The molecule has 1 aromatic rings. The van der Waals surface area contributed by atoms with Gasteiger partial charge in [0.15, 0.2) is 11.5 Å². The normalized spacial score (nSPS) is 22.7. The summed E-state index contributed by atoms with van der Waals surface area (Å²) in [6.45, 7) is 3.85. The smallest absolute Gasteiger partial charge is 0.179 e. The Kier molecular flexibility index (Phi) is 3.82. The first-order chi connectivity index (χ1) is 9.28. The molecule has 0 bridgehead atoms. The van der Waals surface area contributed by atoms with E-state index in [1.165, 1.54) is 12.8 Å². The van der Waals surface area contributed by atoms with Gasteiger partial charge < -0.3 is 15.2 Å². The Hall–Kier alpha value is -0.970. The van der Waals surface area contributed by atoms with Crippen molar-refractivity contribution < 1.29 is 9.47 Å². The van der Waals surface area contributed by atoms with Crippen LogP contribution in [0.5, 0.6) is 11.5 Å². The number of ether oxygens (including phenoxy) is 2. The van der Waals surface area contributed by atoms with E-state index in [9.17, 15) is 0 Å². The third kappa shape index (κ3) is 2.66. The summed E-state index contributed by atoms with van der Waals surface area (Å²) < 4.78 is 11.1. The maximum Gasteiger partial charge on any atom is 0.179 e. The lowest BCUT2D eigenvalue weighted by molar-refractivity contribution is 0.171. The lowest BCUT2D eigenvalue weighted by Gasteiger charge is -2.25. The fourth-order valence-corrected chi connectivity index (χ4v) is 3.15. The van der Waals surface area contributed by atoms with Gasteiger partial charge in [-0.05, 0) is 37.1 Å². The van der Waals surface area contributed by atoms with Crippen LogP contribution in [0.1, 0.15) is 18.4 Å². The maximum atomic E-state index is 6.25. The summed E-state index contributed by atoms with van der Waals surface area (Å²) in [4.78, 5) is 2.42. The maximum absolute atomic E-state index is 6.25. The second-order valence-electron chi connectivity index (χ2n) is 5.10. The Labute approximate surface area is 118 Å². The van der Waals surface area contributed by atoms with Crippen LogP contribution in [0.3, 0.4) is 0 Å². The number of benzene rings is 1. The molecule has 1 unspecified atom stereocenters. The van der Waals surface area contributed by atoms with Gasteiger partial charge in [0.05, 0.1) is 5.02 Å². The van der Waals surface area contributed by atoms with Crippen LogP contribution in [0.2, 0.25) is 5.02 Å². The average Bonchev–Trinajstić information content (AvgIpc) is 2.86. The van der Waals surface area contributed by atoms with Crippen LogP contribution >= 0.6 is 11.6 Å². The number of likely N-dealkylation sites (tertiary alicyclic amines) is 1. The Morgan fingerprint density at radius 3 is 3.00 bits per heavy atom. The molecular weight excluding hydrogens is 264 g/mol. The van der Waals surface area contributed by atoms with Gasteiger partial charge in [-0.25, -0.2) is 0 Å². The van der Waals surface area contributed by atoms with E-state index < -0.39 is 0 Å². The Morgan fingerprint density at radius 1 is 1.32 bits per heavy atom. The minimum atomic E-state index is 0.493. The second kappa shape index (κ2) is 5.57. The molecule has 1 fully saturated rings. The van der Waals surface area contributed by atoms with Crippen LogP contribution in [0.15, 0.2) is 12.1 Å². The largest absolute Gasteiger partial charge is 0.486 e. The molecule has 0 aliphatic carbocycles. The van der Waals surface area contributed by atoms with Crippen molar-refractivity contribution in [3.05, 3.63) is 22.7 Å². The number of fused-ring (bicyclic) bond motifs is 1. The van der Waals surface area contributed by atoms with Crippen molar-refractivity contribution in [3.63, 3.8) is 0 Å². The molecule has 1 atom stereocenters. The van der Waals surface area contributed by atoms with Crippen LogP contribution in [0, 0.1) is 0 Å². The number of hydrogen-bond donors (Lipinski definition) is 1. The van der Waals surface area contributed by atoms with Gasteiger partial charge in [0.2, 0.25) is 0 Å². The molecule has 0 aromatic heterocycles. The molecular formula is C14H19ClN2O2. The summed E-state index contributed by atoms with van der Waals surface area (Å²) in [6, 6.07) is 4.50. The topological polar surface area (TPSA) is 47.7 Å². The highest BCUT2D eigenvalue weighted by Gasteiger charge is 2.24. The van der Waals surface area contributed by atoms with Gasteiger partial charge in [0.1, 0.15) is 13.2 Å². The molecule has 19 heavy (non-hydrogen) atoms. The fourth-order valence-electron chi connectivity index (χ4n) is 2.86. The molecule has 3 rings (SSSR count). The summed E-state index contributed by atoms with van der Waals surface area (Å²) in [5.41, 5.74) is 6.97. The molecule has 0 radical (unpaired) electrons. The summed E-state index contributed by atoms with van der Waals surface area (Å²) in [7, 11) is 0. The molecule has 2 aliphatic heterocycles. The summed E-state index contributed by atoms with van der Waals surface area (Å²) >= 11 is 6.25. The Balaban J connectivity index is 1.79. The fraction of sp³-hybridized carbons (Fsp3) is 0.571. The van der Waals surface area contributed by atoms with E-state index in [1.807, 2.05) is 12.1 Å². The van der Waals surface area contributed by atoms with Gasteiger partial charge in [0.25, 0.3) is 0 Å². The predicted molar refractivity (Wildman–Crippen MR) is 74.9 cm³/mol.